The number of rotatable bonds is 21. The Bertz CT molecular complexity index is 2780. The molecule has 0 fully saturated rings. The average Bonchev–Trinajstić information content (AvgIpc) is 3.37. The van der Waals surface area contributed by atoms with Crippen molar-refractivity contribution < 1.29 is 43.9 Å². The van der Waals surface area contributed by atoms with E-state index in [0.717, 1.165) is 23.3 Å². The number of nitrogens with one attached hydrogen (secondary N) is 2. The summed E-state index contributed by atoms with van der Waals surface area (Å²) in [5.41, 5.74) is 9.83. The topological polar surface area (TPSA) is 232 Å². The molecule has 7 N–H and O–H groups in total. The largest absolute Gasteiger partial charge is 0.497 e. The van der Waals surface area contributed by atoms with Gasteiger partial charge in [0, 0.05) is 93.3 Å². The van der Waals surface area contributed by atoms with Crippen LogP contribution in [0.2, 0.25) is 0 Å². The fraction of sp³-hybridized carbons (Fsp3) is 0.333. The van der Waals surface area contributed by atoms with E-state index in [9.17, 15) is 29.7 Å². The summed E-state index contributed by atoms with van der Waals surface area (Å²) in [6.07, 6.45) is 20.1. The Labute approximate surface area is 408 Å². The lowest BCUT2D eigenvalue weighted by Crippen LogP contribution is -2.37. The fourth-order valence-corrected chi connectivity index (χ4v) is 7.30. The van der Waals surface area contributed by atoms with Crippen LogP contribution in [0.15, 0.2) is 108 Å². The Morgan fingerprint density at radius 3 is 1.67 bits per heavy atom. The maximum Gasteiger partial charge on any atom is 0.354 e. The van der Waals surface area contributed by atoms with E-state index in [1.807, 2.05) is 54.7 Å². The van der Waals surface area contributed by atoms with Crippen LogP contribution in [0.1, 0.15) is 90.9 Å². The number of hydrogen-bond donors (Lipinski definition) is 6. The highest BCUT2D eigenvalue weighted by Crippen LogP contribution is 2.18. The number of aromatic carboxylic acids is 3. The van der Waals surface area contributed by atoms with Gasteiger partial charge in [-0.3, -0.25) is 4.90 Å². The minimum absolute atomic E-state index is 0.00400. The van der Waals surface area contributed by atoms with Crippen LogP contribution in [0.3, 0.4) is 0 Å². The third-order valence-electron chi connectivity index (χ3n) is 11.0. The van der Waals surface area contributed by atoms with Crippen LogP contribution >= 0.6 is 0 Å². The molecule has 0 bridgehead atoms. The SMILES string of the molecule is COC1=CCC(C#Cc2cc(CNCCN(CCNCc3cc(C#CC4=CCC(OC)C=C4)cc(C(=O)O)n3)Cc3cc(C#CC4=CCC(OCCCN)C=C4)cc(C(=O)O)n3)nc(C(=O)O)c2)C=C1. The van der Waals surface area contributed by atoms with E-state index in [2.05, 4.69) is 66.0 Å². The molecule has 0 saturated carbocycles. The number of aromatic nitrogens is 3. The summed E-state index contributed by atoms with van der Waals surface area (Å²) >= 11 is 0. The molecule has 0 aliphatic heterocycles. The molecule has 16 heteroatoms. The van der Waals surface area contributed by atoms with Gasteiger partial charge in [0.2, 0.25) is 0 Å². The van der Waals surface area contributed by atoms with Crippen LogP contribution in [-0.4, -0.2) is 119 Å². The van der Waals surface area contributed by atoms with E-state index in [4.69, 9.17) is 19.9 Å². The molecule has 3 aliphatic carbocycles. The zero-order valence-electron chi connectivity index (χ0n) is 39.2. The van der Waals surface area contributed by atoms with Gasteiger partial charge in [-0.15, -0.1) is 0 Å². The number of carboxylic acids is 3. The molecule has 3 heterocycles. The number of methoxy groups -OCH3 is 2. The van der Waals surface area contributed by atoms with Crippen molar-refractivity contribution in [3.8, 4) is 35.5 Å². The number of nitrogens with zero attached hydrogens (tertiary/aromatic N) is 4. The maximum absolute atomic E-state index is 12.3. The number of carbonyl (C=O) groups is 3. The molecule has 0 amide bonds. The van der Waals surface area contributed by atoms with Crippen LogP contribution in [-0.2, 0) is 33.8 Å². The second-order valence-electron chi connectivity index (χ2n) is 16.4. The van der Waals surface area contributed by atoms with Crippen molar-refractivity contribution in [3.05, 3.63) is 159 Å². The van der Waals surface area contributed by atoms with E-state index >= 15 is 0 Å². The highest BCUT2D eigenvalue weighted by molar-refractivity contribution is 5.87. The predicted octanol–water partition coefficient (Wildman–Crippen LogP) is 5.03. The number of ether oxygens (including phenoxy) is 3. The van der Waals surface area contributed by atoms with Gasteiger partial charge in [0.25, 0.3) is 0 Å². The van der Waals surface area contributed by atoms with Gasteiger partial charge >= 0.3 is 17.9 Å². The Hall–Kier alpha value is -7.46. The van der Waals surface area contributed by atoms with E-state index in [0.29, 0.717) is 92.4 Å². The standard InChI is InChI=1S/C54H57N7O9/c1-68-46-16-10-37(11-17-46)4-7-40-28-43(58-49(31-40)52(62)63)34-56-23-25-61(26-24-57-35-44-29-41(32-50(59-44)53(64)65)8-5-38-12-18-47(69-2)19-13-38)36-45-30-42(33-51(60-45)54(66)67)9-6-39-14-20-48(21-15-39)70-27-3-22-55/h10-12,14-16,18-20,28-33,38,46,48,56-57H,3,13,17,21-27,34-36,55H2,1-2H3,(H,62,63)(H,64,65)(H,66,67). The summed E-state index contributed by atoms with van der Waals surface area (Å²) in [4.78, 5) is 51.6. The second kappa shape index (κ2) is 26.9. The Kier molecular flexibility index (Phi) is 20.0. The molecule has 0 aromatic carbocycles. The summed E-state index contributed by atoms with van der Waals surface area (Å²) < 4.78 is 16.5. The summed E-state index contributed by atoms with van der Waals surface area (Å²) in [5, 5.41) is 36.4. The maximum atomic E-state index is 12.3. The minimum atomic E-state index is -1.19. The van der Waals surface area contributed by atoms with Crippen molar-refractivity contribution in [2.24, 2.45) is 11.7 Å². The smallest absolute Gasteiger partial charge is 0.354 e. The monoisotopic (exact) mass is 947 g/mol. The number of nitrogens with two attached hydrogens (primary N) is 1. The molecular weight excluding hydrogens is 891 g/mol. The predicted molar refractivity (Wildman–Crippen MR) is 263 cm³/mol. The van der Waals surface area contributed by atoms with Crippen molar-refractivity contribution in [2.75, 3.05) is 53.6 Å². The van der Waals surface area contributed by atoms with Crippen LogP contribution < -0.4 is 16.4 Å². The summed E-state index contributed by atoms with van der Waals surface area (Å²) in [5.74, 6) is 15.9. The lowest BCUT2D eigenvalue weighted by molar-refractivity contribution is 0.0679. The van der Waals surface area contributed by atoms with E-state index in [1.54, 1.807) is 32.4 Å². The van der Waals surface area contributed by atoms with Crippen molar-refractivity contribution in [1.29, 1.82) is 0 Å². The highest BCUT2D eigenvalue weighted by atomic mass is 16.5. The first-order valence-corrected chi connectivity index (χ1v) is 22.9. The van der Waals surface area contributed by atoms with Crippen LogP contribution in [0.4, 0.5) is 0 Å². The third kappa shape index (κ3) is 16.9. The number of carboxylic acid groups (broad SMARTS) is 3. The first kappa shape index (κ1) is 51.9. The Morgan fingerprint density at radius 1 is 0.671 bits per heavy atom. The molecular formula is C54H57N7O9. The molecule has 0 radical (unpaired) electrons. The van der Waals surface area contributed by atoms with Gasteiger partial charge in [0.1, 0.15) is 22.8 Å². The van der Waals surface area contributed by atoms with Crippen molar-refractivity contribution in [1.82, 2.24) is 30.5 Å². The number of allylic oxidation sites excluding steroid dienone is 7. The summed E-state index contributed by atoms with van der Waals surface area (Å²) in [6, 6.07) is 9.65. The highest BCUT2D eigenvalue weighted by Gasteiger charge is 2.16. The zero-order valence-corrected chi connectivity index (χ0v) is 39.2. The molecule has 0 saturated heterocycles. The molecule has 3 aromatic heterocycles. The van der Waals surface area contributed by atoms with Crippen LogP contribution in [0.5, 0.6) is 0 Å². The van der Waals surface area contributed by atoms with Crippen LogP contribution in [0.25, 0.3) is 0 Å². The number of pyridine rings is 3. The lowest BCUT2D eigenvalue weighted by atomic mass is 10.00. The molecule has 16 nitrogen and oxygen atoms in total. The quantitative estimate of drug-likeness (QED) is 0.0608. The van der Waals surface area contributed by atoms with Gasteiger partial charge in [-0.1, -0.05) is 65.9 Å². The third-order valence-corrected chi connectivity index (χ3v) is 11.0. The van der Waals surface area contributed by atoms with E-state index in [1.165, 1.54) is 18.2 Å². The van der Waals surface area contributed by atoms with Gasteiger partial charge in [-0.05, 0) is 92.9 Å². The van der Waals surface area contributed by atoms with E-state index in [-0.39, 0.29) is 54.8 Å². The normalized spacial score (nSPS) is 16.9. The lowest BCUT2D eigenvalue weighted by Gasteiger charge is -2.23. The molecule has 3 aromatic rings. The van der Waals surface area contributed by atoms with Crippen LogP contribution in [0, 0.1) is 41.4 Å². The average molecular weight is 948 g/mol. The van der Waals surface area contributed by atoms with Crippen molar-refractivity contribution in [2.45, 2.75) is 57.5 Å². The fourth-order valence-electron chi connectivity index (χ4n) is 7.30. The molecule has 3 atom stereocenters. The summed E-state index contributed by atoms with van der Waals surface area (Å²) in [7, 11) is 3.26. The molecule has 362 valence electrons. The first-order chi connectivity index (χ1) is 34.0. The molecule has 6 rings (SSSR count). The molecule has 70 heavy (non-hydrogen) atoms. The molecule has 3 aliphatic rings. The van der Waals surface area contributed by atoms with Gasteiger partial charge in [0.15, 0.2) is 0 Å². The van der Waals surface area contributed by atoms with E-state index < -0.39 is 17.9 Å². The number of hydrogen-bond acceptors (Lipinski definition) is 13. The Morgan fingerprint density at radius 2 is 1.20 bits per heavy atom. The van der Waals surface area contributed by atoms with Crippen molar-refractivity contribution in [3.63, 3.8) is 0 Å². The minimum Gasteiger partial charge on any atom is -0.497 e. The van der Waals surface area contributed by atoms with Gasteiger partial charge < -0.3 is 45.9 Å². The second-order valence-corrected chi connectivity index (χ2v) is 16.4. The van der Waals surface area contributed by atoms with Gasteiger partial charge in [-0.25, -0.2) is 29.3 Å². The first-order valence-electron chi connectivity index (χ1n) is 22.9. The molecule has 3 unspecified atom stereocenters. The van der Waals surface area contributed by atoms with Crippen molar-refractivity contribution >= 4 is 17.9 Å². The Balaban J connectivity index is 1.15. The zero-order chi connectivity index (χ0) is 49.7. The summed E-state index contributed by atoms with van der Waals surface area (Å²) in [6.45, 7) is 3.69. The van der Waals surface area contributed by atoms with Gasteiger partial charge in [0.05, 0.1) is 36.4 Å². The van der Waals surface area contributed by atoms with Gasteiger partial charge in [-0.2, -0.15) is 0 Å². The molecule has 0 spiro atoms.